The number of nitrogens with one attached hydrogen (secondary N) is 2. The number of ether oxygens (including phenoxy) is 3. The number of carbonyl (C=O) groups excluding carboxylic acids is 2. The highest BCUT2D eigenvalue weighted by Gasteiger charge is 2.20. The van der Waals surface area contributed by atoms with Gasteiger partial charge in [-0.2, -0.15) is 0 Å². The minimum Gasteiger partial charge on any atom is -0.493 e. The number of hydrogen-bond acceptors (Lipinski definition) is 9. The number of benzene rings is 2. The van der Waals surface area contributed by atoms with Gasteiger partial charge in [-0.15, -0.1) is 0 Å². The van der Waals surface area contributed by atoms with Crippen molar-refractivity contribution < 1.29 is 23.8 Å². The molecule has 1 aromatic heterocycles. The summed E-state index contributed by atoms with van der Waals surface area (Å²) >= 11 is 0. The summed E-state index contributed by atoms with van der Waals surface area (Å²) in [4.78, 5) is 35.0. The fourth-order valence-electron chi connectivity index (χ4n) is 4.68. The predicted octanol–water partition coefficient (Wildman–Crippen LogP) is 5.27. The Kier molecular flexibility index (Phi) is 13.3. The number of esters is 1. The fraction of sp³-hybridized carbons (Fsp3) is 0.500. The van der Waals surface area contributed by atoms with E-state index in [1.807, 2.05) is 36.4 Å². The molecule has 1 heterocycles. The molecule has 0 aliphatic rings. The zero-order valence-corrected chi connectivity index (χ0v) is 25.6. The minimum absolute atomic E-state index is 0.291. The molecule has 0 bridgehead atoms. The SMILES string of the molecule is CCCCN(CCCC)CCCOc1cc2c(Nc3ccc(C[C@H](NC(C)=O)C(=O)OC)cc3)ncnc2cc1OC. The van der Waals surface area contributed by atoms with Crippen molar-refractivity contribution in [2.75, 3.05) is 45.8 Å². The van der Waals surface area contributed by atoms with E-state index in [0.717, 1.165) is 48.2 Å². The van der Waals surface area contributed by atoms with Gasteiger partial charge in [0.1, 0.15) is 18.2 Å². The number of methoxy groups -OCH3 is 2. The van der Waals surface area contributed by atoms with Crippen molar-refractivity contribution in [2.24, 2.45) is 0 Å². The number of amides is 1. The molecule has 3 aromatic rings. The molecule has 0 fully saturated rings. The van der Waals surface area contributed by atoms with Crippen molar-refractivity contribution >= 4 is 34.3 Å². The largest absolute Gasteiger partial charge is 0.493 e. The van der Waals surface area contributed by atoms with E-state index in [1.165, 1.54) is 46.0 Å². The lowest BCUT2D eigenvalue weighted by Gasteiger charge is -2.22. The van der Waals surface area contributed by atoms with Crippen molar-refractivity contribution in [3.05, 3.63) is 48.3 Å². The third kappa shape index (κ3) is 9.87. The number of rotatable bonds is 18. The summed E-state index contributed by atoms with van der Waals surface area (Å²) in [7, 11) is 2.93. The first-order valence-electron chi connectivity index (χ1n) is 14.8. The third-order valence-corrected chi connectivity index (χ3v) is 6.97. The molecule has 10 nitrogen and oxygen atoms in total. The molecule has 3 rings (SSSR count). The van der Waals surface area contributed by atoms with Crippen molar-refractivity contribution in [3.63, 3.8) is 0 Å². The van der Waals surface area contributed by atoms with Crippen LogP contribution in [-0.4, -0.2) is 73.2 Å². The number of unbranched alkanes of at least 4 members (excludes halogenated alkanes) is 2. The van der Waals surface area contributed by atoms with Crippen LogP contribution in [0.15, 0.2) is 42.7 Å². The molecule has 0 spiro atoms. The summed E-state index contributed by atoms with van der Waals surface area (Å²) in [6.07, 6.45) is 7.58. The van der Waals surface area contributed by atoms with Gasteiger partial charge in [-0.1, -0.05) is 38.8 Å². The first-order chi connectivity index (χ1) is 20.4. The Morgan fingerprint density at radius 2 is 1.62 bits per heavy atom. The van der Waals surface area contributed by atoms with Crippen LogP contribution in [0.1, 0.15) is 58.4 Å². The van der Waals surface area contributed by atoms with E-state index in [0.29, 0.717) is 30.3 Å². The van der Waals surface area contributed by atoms with E-state index >= 15 is 0 Å². The minimum atomic E-state index is -0.749. The molecule has 0 aliphatic heterocycles. The summed E-state index contributed by atoms with van der Waals surface area (Å²) in [5, 5.41) is 6.81. The molecular weight excluding hydrogens is 534 g/mol. The molecule has 0 radical (unpaired) electrons. The molecule has 1 atom stereocenters. The number of hydrogen-bond donors (Lipinski definition) is 2. The second-order valence-electron chi connectivity index (χ2n) is 10.3. The molecule has 0 unspecified atom stereocenters. The summed E-state index contributed by atoms with van der Waals surface area (Å²) in [5.74, 6) is 1.14. The number of fused-ring (bicyclic) bond motifs is 1. The maximum absolute atomic E-state index is 12.1. The van der Waals surface area contributed by atoms with Crippen LogP contribution >= 0.6 is 0 Å². The van der Waals surface area contributed by atoms with E-state index in [4.69, 9.17) is 14.2 Å². The Balaban J connectivity index is 1.70. The lowest BCUT2D eigenvalue weighted by molar-refractivity contribution is -0.144. The molecule has 228 valence electrons. The summed E-state index contributed by atoms with van der Waals surface area (Å²) in [6, 6.07) is 10.6. The Labute approximate surface area is 249 Å². The molecule has 1 amide bonds. The topological polar surface area (TPSA) is 115 Å². The van der Waals surface area contributed by atoms with Crippen LogP contribution in [0.5, 0.6) is 11.5 Å². The van der Waals surface area contributed by atoms with Crippen molar-refractivity contribution in [2.45, 2.75) is 65.3 Å². The fourth-order valence-corrected chi connectivity index (χ4v) is 4.68. The van der Waals surface area contributed by atoms with Crippen LogP contribution in [0.25, 0.3) is 10.9 Å². The lowest BCUT2D eigenvalue weighted by atomic mass is 10.1. The summed E-state index contributed by atoms with van der Waals surface area (Å²) < 4.78 is 16.6. The molecule has 0 saturated carbocycles. The number of aromatic nitrogens is 2. The van der Waals surface area contributed by atoms with Gasteiger partial charge in [0.2, 0.25) is 5.91 Å². The van der Waals surface area contributed by atoms with Gasteiger partial charge in [0.15, 0.2) is 11.5 Å². The molecule has 2 N–H and O–H groups in total. The van der Waals surface area contributed by atoms with Gasteiger partial charge in [-0.25, -0.2) is 14.8 Å². The molecular formula is C32H45N5O5. The standard InChI is InChI=1S/C32H45N5O5/c1-6-8-15-37(16-9-7-2)17-10-18-42-30-20-26-27(21-29(30)40-4)33-22-34-31(26)36-25-13-11-24(12-14-25)19-28(32(39)41-5)35-23(3)38/h11-14,20-22,28H,6-10,15-19H2,1-5H3,(H,35,38)(H,33,34,36)/t28-/m0/s1. The second kappa shape index (κ2) is 17.1. The second-order valence-corrected chi connectivity index (χ2v) is 10.3. The van der Waals surface area contributed by atoms with Gasteiger partial charge < -0.3 is 29.7 Å². The molecule has 0 saturated heterocycles. The Morgan fingerprint density at radius 3 is 2.24 bits per heavy atom. The van der Waals surface area contributed by atoms with Crippen LogP contribution in [0.3, 0.4) is 0 Å². The van der Waals surface area contributed by atoms with Crippen LogP contribution < -0.4 is 20.1 Å². The van der Waals surface area contributed by atoms with Gasteiger partial charge in [0.25, 0.3) is 0 Å². The van der Waals surface area contributed by atoms with Crippen LogP contribution in [0.2, 0.25) is 0 Å². The van der Waals surface area contributed by atoms with E-state index < -0.39 is 12.0 Å². The van der Waals surface area contributed by atoms with E-state index in [9.17, 15) is 9.59 Å². The maximum Gasteiger partial charge on any atom is 0.328 e. The monoisotopic (exact) mass is 579 g/mol. The predicted molar refractivity (Wildman–Crippen MR) is 166 cm³/mol. The highest BCUT2D eigenvalue weighted by molar-refractivity contribution is 5.93. The van der Waals surface area contributed by atoms with Crippen LogP contribution in [-0.2, 0) is 20.7 Å². The first kappa shape index (κ1) is 32.6. The summed E-state index contributed by atoms with van der Waals surface area (Å²) in [5.41, 5.74) is 2.42. The van der Waals surface area contributed by atoms with Crippen LogP contribution in [0, 0.1) is 0 Å². The zero-order chi connectivity index (χ0) is 30.3. The van der Waals surface area contributed by atoms with Crippen LogP contribution in [0.4, 0.5) is 11.5 Å². The lowest BCUT2D eigenvalue weighted by Crippen LogP contribution is -2.41. The van der Waals surface area contributed by atoms with Gasteiger partial charge in [-0.05, 0) is 56.1 Å². The third-order valence-electron chi connectivity index (χ3n) is 6.97. The van der Waals surface area contributed by atoms with Gasteiger partial charge in [0, 0.05) is 37.0 Å². The molecule has 42 heavy (non-hydrogen) atoms. The van der Waals surface area contributed by atoms with E-state index in [-0.39, 0.29) is 5.91 Å². The van der Waals surface area contributed by atoms with Gasteiger partial charge in [-0.3, -0.25) is 4.79 Å². The Bertz CT molecular complexity index is 1280. The smallest absolute Gasteiger partial charge is 0.328 e. The molecule has 10 heteroatoms. The number of carbonyl (C=O) groups is 2. The summed E-state index contributed by atoms with van der Waals surface area (Å²) in [6.45, 7) is 9.68. The van der Waals surface area contributed by atoms with Crippen molar-refractivity contribution in [1.29, 1.82) is 0 Å². The average Bonchev–Trinajstić information content (AvgIpc) is 2.99. The normalized spacial score (nSPS) is 11.8. The molecule has 0 aliphatic carbocycles. The first-order valence-corrected chi connectivity index (χ1v) is 14.8. The van der Waals surface area contributed by atoms with E-state index in [2.05, 4.69) is 39.3 Å². The van der Waals surface area contributed by atoms with Crippen molar-refractivity contribution in [3.8, 4) is 11.5 Å². The van der Waals surface area contributed by atoms with Gasteiger partial charge >= 0.3 is 5.97 Å². The number of nitrogens with zero attached hydrogens (tertiary/aromatic N) is 3. The quantitative estimate of drug-likeness (QED) is 0.154. The van der Waals surface area contributed by atoms with Crippen molar-refractivity contribution in [1.82, 2.24) is 20.2 Å². The van der Waals surface area contributed by atoms with E-state index in [1.54, 1.807) is 7.11 Å². The molecule has 2 aromatic carbocycles. The maximum atomic E-state index is 12.1. The Hall–Kier alpha value is -3.92. The number of anilines is 2. The zero-order valence-electron chi connectivity index (χ0n) is 25.6. The highest BCUT2D eigenvalue weighted by atomic mass is 16.5. The average molecular weight is 580 g/mol. The highest BCUT2D eigenvalue weighted by Crippen LogP contribution is 2.35. The Morgan fingerprint density at radius 1 is 0.929 bits per heavy atom. The van der Waals surface area contributed by atoms with Gasteiger partial charge in [0.05, 0.1) is 26.3 Å².